The second-order valence-corrected chi connectivity index (χ2v) is 7.14. The predicted molar refractivity (Wildman–Crippen MR) is 109 cm³/mol. The normalized spacial score (nSPS) is 10.6. The lowest BCUT2D eigenvalue weighted by atomic mass is 10.1. The smallest absolute Gasteiger partial charge is 0.293 e. The highest BCUT2D eigenvalue weighted by Crippen LogP contribution is 2.33. The number of thiazole rings is 1. The summed E-state index contributed by atoms with van der Waals surface area (Å²) < 4.78 is 5.23. The van der Waals surface area contributed by atoms with Crippen LogP contribution in [0.25, 0.3) is 11.3 Å². The van der Waals surface area contributed by atoms with E-state index in [1.165, 1.54) is 6.26 Å². The minimum absolute atomic E-state index is 0.133. The van der Waals surface area contributed by atoms with Crippen LogP contribution >= 0.6 is 11.3 Å². The highest BCUT2D eigenvalue weighted by atomic mass is 32.1. The molecule has 6 heteroatoms. The standard InChI is InChI=1S/C22H16N2O3S/c1-14-12-13-27-19(14)21(26)24-22-23-17(15-8-4-2-5-9-15)20(28-22)18(25)16-10-6-3-7-11-16/h2-13H,1H3,(H,23,24,26). The number of carbonyl (C=O) groups excluding carboxylic acids is 2. The Morgan fingerprint density at radius 1 is 0.964 bits per heavy atom. The van der Waals surface area contributed by atoms with Crippen LogP contribution in [-0.4, -0.2) is 16.7 Å². The number of aromatic nitrogens is 1. The Morgan fingerprint density at radius 2 is 1.64 bits per heavy atom. The van der Waals surface area contributed by atoms with Crippen molar-refractivity contribution in [2.45, 2.75) is 6.92 Å². The molecule has 0 atom stereocenters. The van der Waals surface area contributed by atoms with Crippen molar-refractivity contribution in [2.24, 2.45) is 0 Å². The monoisotopic (exact) mass is 388 g/mol. The number of amides is 1. The Bertz CT molecular complexity index is 1130. The molecule has 0 radical (unpaired) electrons. The van der Waals surface area contributed by atoms with Gasteiger partial charge in [-0.15, -0.1) is 0 Å². The fraction of sp³-hybridized carbons (Fsp3) is 0.0455. The van der Waals surface area contributed by atoms with Crippen molar-refractivity contribution >= 4 is 28.2 Å². The van der Waals surface area contributed by atoms with Crippen LogP contribution in [0.2, 0.25) is 0 Å². The molecule has 2 heterocycles. The average Bonchev–Trinajstić information content (AvgIpc) is 3.35. The first-order valence-corrected chi connectivity index (χ1v) is 9.46. The summed E-state index contributed by atoms with van der Waals surface area (Å²) in [5.41, 5.74) is 2.67. The molecule has 138 valence electrons. The largest absolute Gasteiger partial charge is 0.459 e. The number of carbonyl (C=O) groups is 2. The van der Waals surface area contributed by atoms with Gasteiger partial charge in [0.25, 0.3) is 5.91 Å². The van der Waals surface area contributed by atoms with Crippen LogP contribution in [0.4, 0.5) is 5.13 Å². The van der Waals surface area contributed by atoms with Crippen molar-refractivity contribution in [3.05, 3.63) is 94.8 Å². The minimum Gasteiger partial charge on any atom is -0.459 e. The molecule has 4 rings (SSSR count). The molecule has 5 nitrogen and oxygen atoms in total. The lowest BCUT2D eigenvalue weighted by Gasteiger charge is -2.02. The fourth-order valence-electron chi connectivity index (χ4n) is 2.80. The van der Waals surface area contributed by atoms with Gasteiger partial charge in [0.1, 0.15) is 4.88 Å². The van der Waals surface area contributed by atoms with E-state index in [4.69, 9.17) is 4.42 Å². The van der Waals surface area contributed by atoms with E-state index in [0.29, 0.717) is 21.3 Å². The lowest BCUT2D eigenvalue weighted by molar-refractivity contribution is 0.0994. The van der Waals surface area contributed by atoms with Crippen molar-refractivity contribution in [3.8, 4) is 11.3 Å². The van der Waals surface area contributed by atoms with Gasteiger partial charge in [0, 0.05) is 16.7 Å². The Labute approximate surface area is 165 Å². The number of hydrogen-bond acceptors (Lipinski definition) is 5. The van der Waals surface area contributed by atoms with Crippen molar-refractivity contribution < 1.29 is 14.0 Å². The van der Waals surface area contributed by atoms with Gasteiger partial charge in [-0.3, -0.25) is 14.9 Å². The summed E-state index contributed by atoms with van der Waals surface area (Å²) in [6.07, 6.45) is 1.46. The Hall–Kier alpha value is -3.51. The summed E-state index contributed by atoms with van der Waals surface area (Å²) in [6, 6.07) is 20.2. The molecule has 1 N–H and O–H groups in total. The van der Waals surface area contributed by atoms with Gasteiger partial charge in [-0.05, 0) is 13.0 Å². The summed E-state index contributed by atoms with van der Waals surface area (Å²) in [5.74, 6) is -0.298. The number of aryl methyl sites for hydroxylation is 1. The summed E-state index contributed by atoms with van der Waals surface area (Å²) in [4.78, 5) is 30.5. The van der Waals surface area contributed by atoms with Crippen molar-refractivity contribution in [1.82, 2.24) is 4.98 Å². The molecule has 0 aliphatic rings. The fourth-order valence-corrected chi connectivity index (χ4v) is 3.74. The zero-order valence-electron chi connectivity index (χ0n) is 15.0. The molecular weight excluding hydrogens is 372 g/mol. The molecule has 28 heavy (non-hydrogen) atoms. The molecule has 1 amide bonds. The molecule has 0 aliphatic heterocycles. The van der Waals surface area contributed by atoms with Gasteiger partial charge in [0.15, 0.2) is 10.9 Å². The van der Waals surface area contributed by atoms with Gasteiger partial charge in [0.2, 0.25) is 5.78 Å². The highest BCUT2D eigenvalue weighted by Gasteiger charge is 2.22. The number of anilines is 1. The SMILES string of the molecule is Cc1ccoc1C(=O)Nc1nc(-c2ccccc2)c(C(=O)c2ccccc2)s1. The molecule has 0 saturated heterocycles. The van der Waals surface area contributed by atoms with Gasteiger partial charge in [0.05, 0.1) is 12.0 Å². The first-order chi connectivity index (χ1) is 13.6. The van der Waals surface area contributed by atoms with E-state index in [-0.39, 0.29) is 11.5 Å². The maximum absolute atomic E-state index is 13.1. The van der Waals surface area contributed by atoms with Crippen LogP contribution in [-0.2, 0) is 0 Å². The van der Waals surface area contributed by atoms with E-state index in [0.717, 1.165) is 22.5 Å². The second kappa shape index (κ2) is 7.62. The zero-order valence-corrected chi connectivity index (χ0v) is 15.8. The second-order valence-electron chi connectivity index (χ2n) is 6.14. The molecule has 0 unspecified atom stereocenters. The van der Waals surface area contributed by atoms with E-state index in [2.05, 4.69) is 10.3 Å². The molecule has 4 aromatic rings. The zero-order chi connectivity index (χ0) is 19.5. The molecular formula is C22H16N2O3S. The summed E-state index contributed by atoms with van der Waals surface area (Å²) in [6.45, 7) is 1.79. The number of hydrogen-bond donors (Lipinski definition) is 1. The van der Waals surface area contributed by atoms with Crippen molar-refractivity contribution in [3.63, 3.8) is 0 Å². The Balaban J connectivity index is 1.73. The minimum atomic E-state index is -0.394. The highest BCUT2D eigenvalue weighted by molar-refractivity contribution is 7.18. The first-order valence-electron chi connectivity index (χ1n) is 8.65. The molecule has 0 fully saturated rings. The Kier molecular flexibility index (Phi) is 4.87. The third-order valence-electron chi connectivity index (χ3n) is 4.21. The number of benzene rings is 2. The van der Waals surface area contributed by atoms with Crippen molar-refractivity contribution in [1.29, 1.82) is 0 Å². The number of ketones is 1. The van der Waals surface area contributed by atoms with Gasteiger partial charge in [-0.2, -0.15) is 0 Å². The van der Waals surface area contributed by atoms with Gasteiger partial charge < -0.3 is 4.42 Å². The van der Waals surface area contributed by atoms with Crippen LogP contribution in [0.3, 0.4) is 0 Å². The Morgan fingerprint density at radius 3 is 2.29 bits per heavy atom. The van der Waals surface area contributed by atoms with E-state index in [9.17, 15) is 9.59 Å². The topological polar surface area (TPSA) is 72.2 Å². The number of nitrogens with zero attached hydrogens (tertiary/aromatic N) is 1. The maximum atomic E-state index is 13.1. The molecule has 0 spiro atoms. The van der Waals surface area contributed by atoms with Gasteiger partial charge in [-0.25, -0.2) is 4.98 Å². The van der Waals surface area contributed by atoms with Crippen LogP contribution in [0, 0.1) is 6.92 Å². The van der Waals surface area contributed by atoms with Crippen LogP contribution in [0.15, 0.2) is 77.4 Å². The third-order valence-corrected chi connectivity index (χ3v) is 5.17. The summed E-state index contributed by atoms with van der Waals surface area (Å²) >= 11 is 1.15. The van der Waals surface area contributed by atoms with Gasteiger partial charge >= 0.3 is 0 Å². The quantitative estimate of drug-likeness (QED) is 0.477. The van der Waals surface area contributed by atoms with E-state index < -0.39 is 5.91 Å². The molecule has 2 aromatic carbocycles. The lowest BCUT2D eigenvalue weighted by Crippen LogP contribution is -2.11. The maximum Gasteiger partial charge on any atom is 0.293 e. The first kappa shape index (κ1) is 17.9. The van der Waals surface area contributed by atoms with Crippen LogP contribution in [0.5, 0.6) is 0 Å². The van der Waals surface area contributed by atoms with Crippen LogP contribution in [0.1, 0.15) is 31.4 Å². The average molecular weight is 388 g/mol. The van der Waals surface area contributed by atoms with E-state index in [1.54, 1.807) is 25.1 Å². The number of furan rings is 1. The van der Waals surface area contributed by atoms with Crippen LogP contribution < -0.4 is 5.32 Å². The molecule has 0 aliphatic carbocycles. The van der Waals surface area contributed by atoms with Gasteiger partial charge in [-0.1, -0.05) is 72.0 Å². The molecule has 0 saturated carbocycles. The predicted octanol–water partition coefficient (Wildman–Crippen LogP) is 5.19. The van der Waals surface area contributed by atoms with E-state index in [1.807, 2.05) is 48.5 Å². The van der Waals surface area contributed by atoms with Crippen molar-refractivity contribution in [2.75, 3.05) is 5.32 Å². The third kappa shape index (κ3) is 3.50. The summed E-state index contributed by atoms with van der Waals surface area (Å²) in [5, 5.41) is 3.09. The number of rotatable bonds is 5. The molecule has 0 bridgehead atoms. The summed E-state index contributed by atoms with van der Waals surface area (Å²) in [7, 11) is 0. The number of nitrogens with one attached hydrogen (secondary N) is 1. The van der Waals surface area contributed by atoms with E-state index >= 15 is 0 Å². The molecule has 2 aromatic heterocycles.